The maximum atomic E-state index is 11.8. The van der Waals surface area contributed by atoms with Crippen molar-refractivity contribution in [3.05, 3.63) is 42.5 Å². The number of carbonyl (C=O) groups excluding carboxylic acids is 1. The number of nitrogens with one attached hydrogen (secondary N) is 2. The maximum absolute atomic E-state index is 11.8. The van der Waals surface area contributed by atoms with Gasteiger partial charge in [-0.05, 0) is 45.4 Å². The van der Waals surface area contributed by atoms with E-state index in [1.807, 2.05) is 6.92 Å². The fourth-order valence-electron chi connectivity index (χ4n) is 1.63. The van der Waals surface area contributed by atoms with E-state index in [1.165, 1.54) is 5.56 Å². The van der Waals surface area contributed by atoms with Gasteiger partial charge in [-0.25, -0.2) is 0 Å². The number of amides is 1. The molecule has 0 aliphatic heterocycles. The van der Waals surface area contributed by atoms with Crippen LogP contribution in [0.2, 0.25) is 0 Å². The summed E-state index contributed by atoms with van der Waals surface area (Å²) >= 11 is 1.57. The summed E-state index contributed by atoms with van der Waals surface area (Å²) in [4.78, 5) is 12.9. The minimum atomic E-state index is -0.108. The monoisotopic (exact) mass is 306 g/mol. The lowest BCUT2D eigenvalue weighted by Gasteiger charge is -2.20. The Labute approximate surface area is 132 Å². The maximum Gasteiger partial charge on any atom is 0.233 e. The van der Waals surface area contributed by atoms with Crippen LogP contribution in [-0.2, 0) is 11.3 Å². The summed E-state index contributed by atoms with van der Waals surface area (Å²) in [6, 6.07) is 8.36. The topological polar surface area (TPSA) is 41.1 Å². The number of rotatable bonds is 7. The number of carbonyl (C=O) groups is 1. The lowest BCUT2D eigenvalue weighted by atomic mass is 10.1. The van der Waals surface area contributed by atoms with Crippen LogP contribution in [0.1, 0.15) is 33.3 Å². The zero-order valence-corrected chi connectivity index (χ0v) is 14.2. The molecule has 21 heavy (non-hydrogen) atoms. The second kappa shape index (κ2) is 8.25. The van der Waals surface area contributed by atoms with Gasteiger partial charge < -0.3 is 10.6 Å². The van der Waals surface area contributed by atoms with Gasteiger partial charge in [-0.3, -0.25) is 4.79 Å². The molecule has 1 amide bonds. The molecule has 0 saturated carbocycles. The Bertz CT molecular complexity index is 463. The highest BCUT2D eigenvalue weighted by molar-refractivity contribution is 8.00. The first-order valence-electron chi connectivity index (χ1n) is 7.21. The quantitative estimate of drug-likeness (QED) is 0.599. The minimum absolute atomic E-state index is 0.0402. The number of hydrogen-bond donors (Lipinski definition) is 2. The lowest BCUT2D eigenvalue weighted by molar-refractivity contribution is -0.120. The van der Waals surface area contributed by atoms with Gasteiger partial charge in [0.05, 0.1) is 5.25 Å². The largest absolute Gasteiger partial charge is 0.352 e. The summed E-state index contributed by atoms with van der Waals surface area (Å²) in [5.74, 6) is 0.0402. The van der Waals surface area contributed by atoms with Crippen LogP contribution in [0, 0.1) is 0 Å². The number of thioether (sulfide) groups is 1. The molecule has 3 nitrogen and oxygen atoms in total. The van der Waals surface area contributed by atoms with Crippen LogP contribution < -0.4 is 10.6 Å². The second-order valence-corrected chi connectivity index (χ2v) is 7.46. The van der Waals surface area contributed by atoms with Gasteiger partial charge in [0.2, 0.25) is 5.91 Å². The molecule has 0 aromatic heterocycles. The van der Waals surface area contributed by atoms with E-state index in [4.69, 9.17) is 0 Å². The molecule has 0 aliphatic rings. The van der Waals surface area contributed by atoms with Crippen molar-refractivity contribution >= 4 is 17.7 Å². The molecule has 0 spiro atoms. The fraction of sp³-hybridized carbons (Fsp3) is 0.471. The molecule has 0 aliphatic carbocycles. The van der Waals surface area contributed by atoms with E-state index in [-0.39, 0.29) is 16.7 Å². The van der Waals surface area contributed by atoms with Crippen LogP contribution in [0.25, 0.3) is 0 Å². The molecule has 0 saturated heterocycles. The molecule has 0 heterocycles. The van der Waals surface area contributed by atoms with Crippen LogP contribution in [0.15, 0.2) is 41.8 Å². The van der Waals surface area contributed by atoms with Gasteiger partial charge in [0.25, 0.3) is 0 Å². The highest BCUT2D eigenvalue weighted by atomic mass is 32.2. The zero-order valence-electron chi connectivity index (χ0n) is 13.4. The first kappa shape index (κ1) is 17.8. The first-order chi connectivity index (χ1) is 9.81. The van der Waals surface area contributed by atoms with Crippen molar-refractivity contribution in [2.75, 3.05) is 6.54 Å². The van der Waals surface area contributed by atoms with Crippen LogP contribution >= 0.6 is 11.8 Å². The van der Waals surface area contributed by atoms with Crippen molar-refractivity contribution in [3.8, 4) is 0 Å². The summed E-state index contributed by atoms with van der Waals surface area (Å²) in [7, 11) is 0. The highest BCUT2D eigenvalue weighted by Crippen LogP contribution is 2.23. The molecule has 0 fully saturated rings. The molecule has 116 valence electrons. The third-order valence-electron chi connectivity index (χ3n) is 2.85. The van der Waals surface area contributed by atoms with Crippen molar-refractivity contribution < 1.29 is 4.79 Å². The Kier molecular flexibility index (Phi) is 6.99. The van der Waals surface area contributed by atoms with E-state index in [0.29, 0.717) is 6.54 Å². The predicted molar refractivity (Wildman–Crippen MR) is 91.6 cm³/mol. The summed E-state index contributed by atoms with van der Waals surface area (Å²) in [5, 5.41) is 6.16. The Morgan fingerprint density at radius 3 is 2.48 bits per heavy atom. The Morgan fingerprint density at radius 2 is 1.95 bits per heavy atom. The normalized spacial score (nSPS) is 12.8. The summed E-state index contributed by atoms with van der Waals surface area (Å²) in [5.41, 5.74) is 1.36. The summed E-state index contributed by atoms with van der Waals surface area (Å²) in [6.45, 7) is 13.3. The van der Waals surface area contributed by atoms with E-state index < -0.39 is 0 Å². The molecular weight excluding hydrogens is 280 g/mol. The van der Waals surface area contributed by atoms with Crippen molar-refractivity contribution in [2.45, 2.75) is 49.9 Å². The second-order valence-electron chi connectivity index (χ2n) is 6.04. The molecule has 1 atom stereocenters. The van der Waals surface area contributed by atoms with Crippen molar-refractivity contribution in [3.63, 3.8) is 0 Å². The SMILES string of the molecule is C=CCNC(=O)C(C)Sc1ccc(CNC(C)(C)C)cc1. The van der Waals surface area contributed by atoms with Crippen LogP contribution in [0.5, 0.6) is 0 Å². The highest BCUT2D eigenvalue weighted by Gasteiger charge is 2.13. The molecule has 1 aromatic carbocycles. The van der Waals surface area contributed by atoms with Gasteiger partial charge in [-0.1, -0.05) is 18.2 Å². The first-order valence-corrected chi connectivity index (χ1v) is 8.09. The molecule has 2 N–H and O–H groups in total. The van der Waals surface area contributed by atoms with E-state index in [1.54, 1.807) is 17.8 Å². The molecule has 1 aromatic rings. The van der Waals surface area contributed by atoms with Crippen LogP contribution in [0.4, 0.5) is 0 Å². The van der Waals surface area contributed by atoms with Crippen LogP contribution in [-0.4, -0.2) is 23.2 Å². The average molecular weight is 306 g/mol. The van der Waals surface area contributed by atoms with Gasteiger partial charge in [0.15, 0.2) is 0 Å². The van der Waals surface area contributed by atoms with Crippen molar-refractivity contribution in [1.29, 1.82) is 0 Å². The predicted octanol–water partition coefficient (Wildman–Crippen LogP) is 3.36. The van der Waals surface area contributed by atoms with E-state index >= 15 is 0 Å². The zero-order chi connectivity index (χ0) is 15.9. The smallest absolute Gasteiger partial charge is 0.233 e. The molecule has 4 heteroatoms. The third-order valence-corrected chi connectivity index (χ3v) is 3.96. The van der Waals surface area contributed by atoms with Gasteiger partial charge in [-0.15, -0.1) is 18.3 Å². The summed E-state index contributed by atoms with van der Waals surface area (Å²) < 4.78 is 0. The summed E-state index contributed by atoms with van der Waals surface area (Å²) in [6.07, 6.45) is 1.69. The number of benzene rings is 1. The molecule has 1 unspecified atom stereocenters. The molecule has 0 bridgehead atoms. The van der Waals surface area contributed by atoms with E-state index in [0.717, 1.165) is 11.4 Å². The molecule has 0 radical (unpaired) electrons. The Morgan fingerprint density at radius 1 is 1.33 bits per heavy atom. The van der Waals surface area contributed by atoms with Gasteiger partial charge >= 0.3 is 0 Å². The minimum Gasteiger partial charge on any atom is -0.352 e. The van der Waals surface area contributed by atoms with Crippen LogP contribution in [0.3, 0.4) is 0 Å². The Balaban J connectivity index is 2.50. The molecular formula is C17H26N2OS. The fourth-order valence-corrected chi connectivity index (χ4v) is 2.52. The van der Waals surface area contributed by atoms with E-state index in [2.05, 4.69) is 62.2 Å². The lowest BCUT2D eigenvalue weighted by Crippen LogP contribution is -2.35. The third kappa shape index (κ3) is 7.34. The van der Waals surface area contributed by atoms with Gasteiger partial charge in [0.1, 0.15) is 0 Å². The van der Waals surface area contributed by atoms with Crippen molar-refractivity contribution in [2.24, 2.45) is 0 Å². The number of hydrogen-bond acceptors (Lipinski definition) is 3. The molecule has 1 rings (SSSR count). The van der Waals surface area contributed by atoms with Gasteiger partial charge in [0, 0.05) is 23.5 Å². The Hall–Kier alpha value is -1.26. The van der Waals surface area contributed by atoms with Gasteiger partial charge in [-0.2, -0.15) is 0 Å². The standard InChI is InChI=1S/C17H26N2OS/c1-6-11-18-16(20)13(2)21-15-9-7-14(8-10-15)12-19-17(3,4)5/h6-10,13,19H,1,11-12H2,2-5H3,(H,18,20). The van der Waals surface area contributed by atoms with Crippen molar-refractivity contribution in [1.82, 2.24) is 10.6 Å². The van der Waals surface area contributed by atoms with E-state index in [9.17, 15) is 4.79 Å². The average Bonchev–Trinajstić information content (AvgIpc) is 2.43.